The van der Waals surface area contributed by atoms with Gasteiger partial charge in [-0.05, 0) is 49.4 Å². The maximum atomic E-state index is 13.4. The SMILES string of the molecule is C[C@]1(C(=O)CC(=O)C2CCCC3CCCCC3C2)CCCC2CCCCC21. The van der Waals surface area contributed by atoms with Crippen molar-refractivity contribution in [2.75, 3.05) is 0 Å². The highest BCUT2D eigenvalue weighted by Crippen LogP contribution is 2.52. The van der Waals surface area contributed by atoms with E-state index in [2.05, 4.69) is 6.92 Å². The molecule has 0 aromatic heterocycles. The molecule has 0 radical (unpaired) electrons. The molecule has 0 bridgehead atoms. The molecule has 0 heterocycles. The van der Waals surface area contributed by atoms with Gasteiger partial charge in [-0.1, -0.05) is 77.6 Å². The number of carbonyl (C=O) groups excluding carboxylic acids is 2. The van der Waals surface area contributed by atoms with Gasteiger partial charge in [-0.3, -0.25) is 9.59 Å². The number of carbonyl (C=O) groups is 2. The number of hydrogen-bond acceptors (Lipinski definition) is 2. The minimum atomic E-state index is -0.211. The monoisotopic (exact) mass is 372 g/mol. The standard InChI is InChI=1S/C25H40O2/c1-25(15-7-13-19-9-4-5-14-22(19)25)24(27)17-23(26)21-12-6-11-18-8-2-3-10-20(18)16-21/h18-22H,2-17H2,1H3/t18?,19?,20?,21?,22?,25-/m0/s1. The van der Waals surface area contributed by atoms with E-state index < -0.39 is 0 Å². The number of fused-ring (bicyclic) bond motifs is 2. The van der Waals surface area contributed by atoms with Crippen LogP contribution in [0.5, 0.6) is 0 Å². The van der Waals surface area contributed by atoms with Gasteiger partial charge in [0.15, 0.2) is 0 Å². The molecule has 0 N–H and O–H groups in total. The Hall–Kier alpha value is -0.660. The van der Waals surface area contributed by atoms with Gasteiger partial charge in [0.2, 0.25) is 0 Å². The maximum Gasteiger partial charge on any atom is 0.146 e. The minimum absolute atomic E-state index is 0.177. The van der Waals surface area contributed by atoms with E-state index in [0.29, 0.717) is 17.5 Å². The molecule has 0 spiro atoms. The van der Waals surface area contributed by atoms with Crippen molar-refractivity contribution in [2.24, 2.45) is 35.0 Å². The second-order valence-electron chi connectivity index (χ2n) is 10.7. The fraction of sp³-hybridized carbons (Fsp3) is 0.920. The number of ketones is 2. The third-order valence-electron chi connectivity index (χ3n) is 9.21. The third-order valence-corrected chi connectivity index (χ3v) is 9.21. The zero-order chi connectivity index (χ0) is 18.9. The lowest BCUT2D eigenvalue weighted by atomic mass is 9.56. The van der Waals surface area contributed by atoms with Gasteiger partial charge in [0, 0.05) is 11.3 Å². The van der Waals surface area contributed by atoms with Crippen LogP contribution in [0.15, 0.2) is 0 Å². The van der Waals surface area contributed by atoms with E-state index in [-0.39, 0.29) is 17.8 Å². The van der Waals surface area contributed by atoms with Gasteiger partial charge in [0.05, 0.1) is 6.42 Å². The van der Waals surface area contributed by atoms with Gasteiger partial charge in [0.1, 0.15) is 11.6 Å². The molecule has 4 aliphatic carbocycles. The lowest BCUT2D eigenvalue weighted by molar-refractivity contribution is -0.140. The third kappa shape index (κ3) is 4.06. The molecular weight excluding hydrogens is 332 g/mol. The largest absolute Gasteiger partial charge is 0.299 e. The molecule has 0 amide bonds. The molecule has 0 saturated heterocycles. The first-order valence-corrected chi connectivity index (χ1v) is 12.1. The summed E-state index contributed by atoms with van der Waals surface area (Å²) in [6, 6.07) is 0. The van der Waals surface area contributed by atoms with Crippen molar-refractivity contribution >= 4 is 11.6 Å². The van der Waals surface area contributed by atoms with Crippen LogP contribution in [0.4, 0.5) is 0 Å². The molecule has 152 valence electrons. The molecule has 4 saturated carbocycles. The maximum absolute atomic E-state index is 13.4. The van der Waals surface area contributed by atoms with Gasteiger partial charge < -0.3 is 0 Å². The van der Waals surface area contributed by atoms with Crippen LogP contribution in [0.25, 0.3) is 0 Å². The van der Waals surface area contributed by atoms with Gasteiger partial charge in [-0.25, -0.2) is 0 Å². The molecular formula is C25H40O2. The van der Waals surface area contributed by atoms with E-state index in [1.165, 1.54) is 77.0 Å². The second kappa shape index (κ2) is 8.37. The lowest BCUT2D eigenvalue weighted by Crippen LogP contribution is -2.45. The predicted octanol–water partition coefficient (Wildman–Crippen LogP) is 6.51. The zero-order valence-electron chi connectivity index (χ0n) is 17.5. The topological polar surface area (TPSA) is 34.1 Å². The molecule has 0 aliphatic heterocycles. The number of Topliss-reactive ketones (excluding diaryl/α,β-unsaturated/α-hetero) is 2. The van der Waals surface area contributed by atoms with Crippen LogP contribution in [0.1, 0.15) is 110 Å². The summed E-state index contributed by atoms with van der Waals surface area (Å²) in [5, 5.41) is 0. The highest BCUT2D eigenvalue weighted by Gasteiger charge is 2.48. The van der Waals surface area contributed by atoms with E-state index in [1.54, 1.807) is 0 Å². The van der Waals surface area contributed by atoms with E-state index in [0.717, 1.165) is 37.0 Å². The van der Waals surface area contributed by atoms with Crippen LogP contribution in [0.2, 0.25) is 0 Å². The van der Waals surface area contributed by atoms with E-state index >= 15 is 0 Å². The average molecular weight is 373 g/mol. The summed E-state index contributed by atoms with van der Waals surface area (Å²) < 4.78 is 0. The predicted molar refractivity (Wildman–Crippen MR) is 109 cm³/mol. The first-order chi connectivity index (χ1) is 13.1. The molecule has 4 fully saturated rings. The van der Waals surface area contributed by atoms with E-state index in [9.17, 15) is 9.59 Å². The van der Waals surface area contributed by atoms with Gasteiger partial charge in [-0.2, -0.15) is 0 Å². The number of rotatable bonds is 4. The van der Waals surface area contributed by atoms with Gasteiger partial charge >= 0.3 is 0 Å². The summed E-state index contributed by atoms with van der Waals surface area (Å²) in [6.07, 6.45) is 19.0. The molecule has 0 aromatic carbocycles. The highest BCUT2D eigenvalue weighted by atomic mass is 16.1. The normalized spacial score (nSPS) is 42.5. The van der Waals surface area contributed by atoms with Crippen molar-refractivity contribution < 1.29 is 9.59 Å². The van der Waals surface area contributed by atoms with Crippen LogP contribution >= 0.6 is 0 Å². The number of hydrogen-bond donors (Lipinski definition) is 0. The molecule has 4 aliphatic rings. The van der Waals surface area contributed by atoms with Crippen LogP contribution in [-0.4, -0.2) is 11.6 Å². The Morgan fingerprint density at radius 2 is 1.37 bits per heavy atom. The molecule has 6 atom stereocenters. The van der Waals surface area contributed by atoms with Crippen molar-refractivity contribution in [3.63, 3.8) is 0 Å². The summed E-state index contributed by atoms with van der Waals surface area (Å²) in [5.41, 5.74) is -0.211. The summed E-state index contributed by atoms with van der Waals surface area (Å²) in [4.78, 5) is 26.5. The smallest absolute Gasteiger partial charge is 0.146 e. The van der Waals surface area contributed by atoms with Crippen molar-refractivity contribution in [1.82, 2.24) is 0 Å². The summed E-state index contributed by atoms with van der Waals surface area (Å²) in [6.45, 7) is 2.22. The Morgan fingerprint density at radius 3 is 2.19 bits per heavy atom. The molecule has 2 nitrogen and oxygen atoms in total. The van der Waals surface area contributed by atoms with Crippen molar-refractivity contribution in [3.05, 3.63) is 0 Å². The fourth-order valence-electron chi connectivity index (χ4n) is 7.54. The van der Waals surface area contributed by atoms with Crippen molar-refractivity contribution in [2.45, 2.75) is 110 Å². The lowest BCUT2D eigenvalue weighted by Gasteiger charge is -2.47. The van der Waals surface area contributed by atoms with Crippen LogP contribution in [0.3, 0.4) is 0 Å². The fourth-order valence-corrected chi connectivity index (χ4v) is 7.54. The van der Waals surface area contributed by atoms with E-state index in [4.69, 9.17) is 0 Å². The molecule has 27 heavy (non-hydrogen) atoms. The zero-order valence-corrected chi connectivity index (χ0v) is 17.5. The Bertz CT molecular complexity index is 551. The molecule has 0 aromatic rings. The molecule has 5 unspecified atom stereocenters. The Kier molecular flexibility index (Phi) is 6.09. The Morgan fingerprint density at radius 1 is 0.741 bits per heavy atom. The summed E-state index contributed by atoms with van der Waals surface area (Å²) >= 11 is 0. The second-order valence-corrected chi connectivity index (χ2v) is 10.7. The van der Waals surface area contributed by atoms with Crippen LogP contribution in [-0.2, 0) is 9.59 Å². The van der Waals surface area contributed by atoms with E-state index in [1.807, 2.05) is 0 Å². The molecule has 2 heteroatoms. The summed E-state index contributed by atoms with van der Waals surface area (Å²) in [5.74, 6) is 3.70. The van der Waals surface area contributed by atoms with Crippen LogP contribution < -0.4 is 0 Å². The minimum Gasteiger partial charge on any atom is -0.299 e. The quantitative estimate of drug-likeness (QED) is 0.527. The van der Waals surface area contributed by atoms with Crippen molar-refractivity contribution in [1.29, 1.82) is 0 Å². The Labute approximate surface area is 166 Å². The first kappa shape index (κ1) is 19.6. The molecule has 4 rings (SSSR count). The average Bonchev–Trinajstić information content (AvgIpc) is 2.91. The van der Waals surface area contributed by atoms with Crippen LogP contribution in [0, 0.1) is 35.0 Å². The first-order valence-electron chi connectivity index (χ1n) is 12.1. The summed E-state index contributed by atoms with van der Waals surface area (Å²) in [7, 11) is 0. The highest BCUT2D eigenvalue weighted by molar-refractivity contribution is 6.02. The van der Waals surface area contributed by atoms with Gasteiger partial charge in [-0.15, -0.1) is 0 Å². The Balaban J connectivity index is 1.40. The van der Waals surface area contributed by atoms with Gasteiger partial charge in [0.25, 0.3) is 0 Å². The van der Waals surface area contributed by atoms with Crippen molar-refractivity contribution in [3.8, 4) is 0 Å².